The Bertz CT molecular complexity index is 669. The van der Waals surface area contributed by atoms with Gasteiger partial charge >= 0.3 is 0 Å². The van der Waals surface area contributed by atoms with Gasteiger partial charge in [0.25, 0.3) is 5.91 Å². The molecule has 1 aliphatic carbocycles. The maximum atomic E-state index is 12.4. The van der Waals surface area contributed by atoms with Crippen LogP contribution in [-0.4, -0.2) is 60.4 Å². The number of carbonyl (C=O) groups excluding carboxylic acids is 2. The summed E-state index contributed by atoms with van der Waals surface area (Å²) >= 11 is 0. The number of amides is 2. The van der Waals surface area contributed by atoms with E-state index in [0.29, 0.717) is 11.6 Å². The van der Waals surface area contributed by atoms with Gasteiger partial charge in [-0.1, -0.05) is 26.0 Å². The summed E-state index contributed by atoms with van der Waals surface area (Å²) in [6, 6.07) is 7.76. The molecule has 0 aromatic heterocycles. The van der Waals surface area contributed by atoms with Crippen molar-refractivity contribution in [2.75, 3.05) is 32.7 Å². The lowest BCUT2D eigenvalue weighted by atomic mass is 10.1. The molecule has 0 radical (unpaired) electrons. The van der Waals surface area contributed by atoms with Gasteiger partial charge in [0.05, 0.1) is 0 Å². The Morgan fingerprint density at radius 1 is 1.11 bits per heavy atom. The Labute approximate surface area is 162 Å². The molecule has 0 bridgehead atoms. The maximum Gasteiger partial charge on any atom is 0.251 e. The summed E-state index contributed by atoms with van der Waals surface area (Å²) < 4.78 is 0. The van der Waals surface area contributed by atoms with Gasteiger partial charge in [-0.15, -0.1) is 0 Å². The first-order valence-corrected chi connectivity index (χ1v) is 10.1. The molecular formula is C22H31N3O2. The third-order valence-electron chi connectivity index (χ3n) is 5.21. The number of hydrogen-bond donors (Lipinski definition) is 1. The average molecular weight is 370 g/mol. The molecule has 0 spiro atoms. The second-order valence-corrected chi connectivity index (χ2v) is 8.05. The third kappa shape index (κ3) is 6.21. The Hall–Kier alpha value is -2.14. The molecule has 27 heavy (non-hydrogen) atoms. The van der Waals surface area contributed by atoms with Crippen molar-refractivity contribution in [2.45, 2.75) is 39.2 Å². The van der Waals surface area contributed by atoms with Gasteiger partial charge in [-0.3, -0.25) is 14.5 Å². The number of benzene rings is 1. The number of hydrogen-bond acceptors (Lipinski definition) is 3. The van der Waals surface area contributed by atoms with Crippen LogP contribution in [0, 0.1) is 5.92 Å². The van der Waals surface area contributed by atoms with Crippen LogP contribution < -0.4 is 5.32 Å². The van der Waals surface area contributed by atoms with Crippen molar-refractivity contribution in [3.8, 4) is 0 Å². The van der Waals surface area contributed by atoms with E-state index in [1.54, 1.807) is 6.08 Å². The van der Waals surface area contributed by atoms with Crippen LogP contribution in [0.25, 0.3) is 6.08 Å². The van der Waals surface area contributed by atoms with Gasteiger partial charge in [0.2, 0.25) is 5.91 Å². The van der Waals surface area contributed by atoms with E-state index in [4.69, 9.17) is 0 Å². The van der Waals surface area contributed by atoms with Crippen molar-refractivity contribution in [2.24, 2.45) is 5.92 Å². The highest BCUT2D eigenvalue weighted by molar-refractivity contribution is 5.95. The molecule has 1 aromatic rings. The molecule has 2 amide bonds. The van der Waals surface area contributed by atoms with Gasteiger partial charge in [0.15, 0.2) is 0 Å². The Morgan fingerprint density at radius 2 is 1.78 bits per heavy atom. The molecule has 1 aliphatic heterocycles. The molecule has 2 aliphatic rings. The van der Waals surface area contributed by atoms with Crippen molar-refractivity contribution in [1.82, 2.24) is 15.1 Å². The summed E-state index contributed by atoms with van der Waals surface area (Å²) in [5, 5.41) is 2.98. The van der Waals surface area contributed by atoms with Crippen molar-refractivity contribution < 1.29 is 9.59 Å². The fraction of sp³-hybridized carbons (Fsp3) is 0.545. The predicted octanol–water partition coefficient (Wildman–Crippen LogP) is 2.78. The van der Waals surface area contributed by atoms with Crippen LogP contribution >= 0.6 is 0 Å². The standard InChI is InChI=1S/C22H31N3O2/c1-17(2)11-12-24-13-15-25(16-14-24)21(26)10-5-18-3-6-19(7-4-18)22(27)23-20-8-9-20/h3-7,10,17,20H,8-9,11-16H2,1-2H3,(H,23,27). The first-order chi connectivity index (χ1) is 13.0. The predicted molar refractivity (Wildman–Crippen MR) is 108 cm³/mol. The van der Waals surface area contributed by atoms with E-state index in [9.17, 15) is 9.59 Å². The number of piperazine rings is 1. The van der Waals surface area contributed by atoms with E-state index >= 15 is 0 Å². The smallest absolute Gasteiger partial charge is 0.251 e. The van der Waals surface area contributed by atoms with E-state index in [2.05, 4.69) is 24.1 Å². The molecule has 1 aromatic carbocycles. The summed E-state index contributed by atoms with van der Waals surface area (Å²) in [6.45, 7) is 9.11. The summed E-state index contributed by atoms with van der Waals surface area (Å²) in [7, 11) is 0. The molecule has 1 N–H and O–H groups in total. The summed E-state index contributed by atoms with van der Waals surface area (Å²) in [5.74, 6) is 0.771. The summed E-state index contributed by atoms with van der Waals surface area (Å²) in [4.78, 5) is 28.8. The topological polar surface area (TPSA) is 52.7 Å². The van der Waals surface area contributed by atoms with E-state index < -0.39 is 0 Å². The summed E-state index contributed by atoms with van der Waals surface area (Å²) in [5.41, 5.74) is 1.60. The van der Waals surface area contributed by atoms with Crippen LogP contribution in [0.15, 0.2) is 30.3 Å². The van der Waals surface area contributed by atoms with E-state index in [-0.39, 0.29) is 11.8 Å². The number of nitrogens with zero attached hydrogens (tertiary/aromatic N) is 2. The molecule has 0 atom stereocenters. The van der Waals surface area contributed by atoms with Crippen molar-refractivity contribution in [3.05, 3.63) is 41.5 Å². The summed E-state index contributed by atoms with van der Waals surface area (Å²) in [6.07, 6.45) is 6.85. The van der Waals surface area contributed by atoms with Crippen LogP contribution in [0.2, 0.25) is 0 Å². The second kappa shape index (κ2) is 9.18. The monoisotopic (exact) mass is 369 g/mol. The number of carbonyl (C=O) groups is 2. The van der Waals surface area contributed by atoms with Crippen LogP contribution in [0.4, 0.5) is 0 Å². The quantitative estimate of drug-likeness (QED) is 0.752. The average Bonchev–Trinajstić information content (AvgIpc) is 3.49. The van der Waals surface area contributed by atoms with Gasteiger partial charge in [-0.25, -0.2) is 0 Å². The number of nitrogens with one attached hydrogen (secondary N) is 1. The molecule has 1 saturated carbocycles. The SMILES string of the molecule is CC(C)CCN1CCN(C(=O)C=Cc2ccc(C(=O)NC3CC3)cc2)CC1. The van der Waals surface area contributed by atoms with Crippen molar-refractivity contribution >= 4 is 17.9 Å². The number of rotatable bonds is 7. The van der Waals surface area contributed by atoms with Crippen LogP contribution in [-0.2, 0) is 4.79 Å². The van der Waals surface area contributed by atoms with Gasteiger partial charge in [-0.05, 0) is 55.5 Å². The minimum atomic E-state index is -0.0144. The second-order valence-electron chi connectivity index (χ2n) is 8.05. The lowest BCUT2D eigenvalue weighted by molar-refractivity contribution is -0.127. The molecule has 5 heteroatoms. The Morgan fingerprint density at radius 3 is 2.37 bits per heavy atom. The highest BCUT2D eigenvalue weighted by Gasteiger charge is 2.23. The van der Waals surface area contributed by atoms with Gasteiger partial charge in [0, 0.05) is 43.9 Å². The lowest BCUT2D eigenvalue weighted by Crippen LogP contribution is -2.48. The molecule has 1 saturated heterocycles. The van der Waals surface area contributed by atoms with Gasteiger partial charge in [-0.2, -0.15) is 0 Å². The first-order valence-electron chi connectivity index (χ1n) is 10.1. The Balaban J connectivity index is 1.45. The van der Waals surface area contributed by atoms with Crippen molar-refractivity contribution in [1.29, 1.82) is 0 Å². The zero-order chi connectivity index (χ0) is 19.2. The van der Waals surface area contributed by atoms with Crippen LogP contribution in [0.5, 0.6) is 0 Å². The lowest BCUT2D eigenvalue weighted by Gasteiger charge is -2.34. The van der Waals surface area contributed by atoms with E-state index in [0.717, 1.165) is 57.0 Å². The van der Waals surface area contributed by atoms with Crippen molar-refractivity contribution in [3.63, 3.8) is 0 Å². The first kappa shape index (κ1) is 19.6. The highest BCUT2D eigenvalue weighted by Crippen LogP contribution is 2.19. The van der Waals surface area contributed by atoms with Crippen LogP contribution in [0.3, 0.4) is 0 Å². The zero-order valence-corrected chi connectivity index (χ0v) is 16.5. The van der Waals surface area contributed by atoms with Gasteiger partial charge < -0.3 is 10.2 Å². The fourth-order valence-corrected chi connectivity index (χ4v) is 3.15. The maximum absolute atomic E-state index is 12.4. The van der Waals surface area contributed by atoms with E-state index in [1.807, 2.05) is 35.2 Å². The Kier molecular flexibility index (Phi) is 6.67. The molecule has 0 unspecified atom stereocenters. The molecule has 146 valence electrons. The largest absolute Gasteiger partial charge is 0.349 e. The molecule has 2 fully saturated rings. The molecular weight excluding hydrogens is 338 g/mol. The fourth-order valence-electron chi connectivity index (χ4n) is 3.15. The minimum Gasteiger partial charge on any atom is -0.349 e. The molecule has 5 nitrogen and oxygen atoms in total. The van der Waals surface area contributed by atoms with Gasteiger partial charge in [0.1, 0.15) is 0 Å². The molecule has 3 rings (SSSR count). The zero-order valence-electron chi connectivity index (χ0n) is 16.5. The highest BCUT2D eigenvalue weighted by atomic mass is 16.2. The minimum absolute atomic E-state index is 0.0144. The van der Waals surface area contributed by atoms with E-state index in [1.165, 1.54) is 6.42 Å². The third-order valence-corrected chi connectivity index (χ3v) is 5.21. The van der Waals surface area contributed by atoms with Crippen LogP contribution in [0.1, 0.15) is 49.0 Å². The molecule has 1 heterocycles. The normalized spacial score (nSPS) is 18.3.